The van der Waals surface area contributed by atoms with E-state index in [1.165, 1.54) is 30.3 Å². The van der Waals surface area contributed by atoms with Crippen LogP contribution < -0.4 is 31.0 Å². The molecule has 0 radical (unpaired) electrons. The van der Waals surface area contributed by atoms with Crippen molar-refractivity contribution in [2.45, 2.75) is 37.8 Å². The second-order valence-corrected chi connectivity index (χ2v) is 12.1. The van der Waals surface area contributed by atoms with Gasteiger partial charge in [0.2, 0.25) is 11.5 Å². The third-order valence-electron chi connectivity index (χ3n) is 8.58. The van der Waals surface area contributed by atoms with Gasteiger partial charge in [-0.3, -0.25) is 29.8 Å². The Hall–Kier alpha value is -6.82. The molecule has 4 N–H and O–H groups in total. The number of carboxylic acids is 2. The van der Waals surface area contributed by atoms with E-state index in [1.54, 1.807) is 6.07 Å². The van der Waals surface area contributed by atoms with E-state index in [0.717, 1.165) is 24.3 Å². The van der Waals surface area contributed by atoms with Crippen LogP contribution in [0.4, 0.5) is 17.1 Å². The van der Waals surface area contributed by atoms with Crippen molar-refractivity contribution in [1.82, 2.24) is 5.32 Å². The molecule has 0 aliphatic carbocycles. The standard InChI is InChI=1S/C35H30N4O14/c40-24-14-29(34(42)43)52-27-7-4-6-26(31(24)27)50-16-18-17-51-33-20(9-11-28-32(33)25(41)15-30(53-28)35(44)45)21(5-2-1-3-12-36-18)37-22-10-8-19(38(46)47)13-23(22)39(48)49/h4,6-11,13-15,18,21,36-37H,1-3,5,12,16-17H2,(H,42,43)(H,44,45). The van der Waals surface area contributed by atoms with Gasteiger partial charge in [0, 0.05) is 23.8 Å². The number of nitro benzene ring substituents is 2. The molecule has 274 valence electrons. The quantitative estimate of drug-likeness (QED) is 0.111. The smallest absolute Gasteiger partial charge is 0.371 e. The number of rotatable bonds is 9. The Morgan fingerprint density at radius 2 is 1.57 bits per heavy atom. The van der Waals surface area contributed by atoms with Crippen molar-refractivity contribution in [1.29, 1.82) is 0 Å². The van der Waals surface area contributed by atoms with Crippen molar-refractivity contribution < 1.29 is 48.0 Å². The fraction of sp³-hybridized carbons (Fsp3) is 0.257. The predicted octanol–water partition coefficient (Wildman–Crippen LogP) is 5.26. The van der Waals surface area contributed by atoms with Gasteiger partial charge in [0.25, 0.3) is 11.4 Å². The monoisotopic (exact) mass is 730 g/mol. The molecule has 18 heteroatoms. The minimum Gasteiger partial charge on any atom is -0.491 e. The van der Waals surface area contributed by atoms with Gasteiger partial charge in [-0.25, -0.2) is 9.59 Å². The average Bonchev–Trinajstić information content (AvgIpc) is 3.12. The molecular formula is C35H30N4O14. The van der Waals surface area contributed by atoms with Crippen LogP contribution >= 0.6 is 0 Å². The summed E-state index contributed by atoms with van der Waals surface area (Å²) in [5.41, 5.74) is -2.08. The van der Waals surface area contributed by atoms with E-state index in [0.29, 0.717) is 37.8 Å². The highest BCUT2D eigenvalue weighted by Crippen LogP contribution is 2.39. The number of nitrogens with zero attached hydrogens (tertiary/aromatic N) is 2. The summed E-state index contributed by atoms with van der Waals surface area (Å²) < 4.78 is 23.3. The first-order valence-electron chi connectivity index (χ1n) is 16.2. The fourth-order valence-corrected chi connectivity index (χ4v) is 6.07. The van der Waals surface area contributed by atoms with E-state index in [-0.39, 0.29) is 52.3 Å². The maximum atomic E-state index is 13.5. The van der Waals surface area contributed by atoms with Gasteiger partial charge in [-0.2, -0.15) is 0 Å². The largest absolute Gasteiger partial charge is 0.491 e. The lowest BCUT2D eigenvalue weighted by molar-refractivity contribution is -0.393. The second-order valence-electron chi connectivity index (χ2n) is 12.1. The van der Waals surface area contributed by atoms with Crippen molar-refractivity contribution in [3.63, 3.8) is 0 Å². The van der Waals surface area contributed by atoms with Crippen LogP contribution in [0.15, 0.2) is 79.1 Å². The number of benzene rings is 3. The molecule has 0 fully saturated rings. The number of carbonyl (C=O) groups is 2. The molecule has 2 atom stereocenters. The topological polar surface area (TPSA) is 264 Å². The van der Waals surface area contributed by atoms with Gasteiger partial charge in [-0.15, -0.1) is 0 Å². The van der Waals surface area contributed by atoms with Crippen LogP contribution in [-0.2, 0) is 0 Å². The lowest BCUT2D eigenvalue weighted by atomic mass is 9.96. The molecule has 6 rings (SSSR count). The van der Waals surface area contributed by atoms with Gasteiger partial charge >= 0.3 is 11.9 Å². The Morgan fingerprint density at radius 3 is 2.25 bits per heavy atom. The summed E-state index contributed by atoms with van der Waals surface area (Å²) in [5, 5.41) is 48.6. The molecule has 1 aliphatic heterocycles. The molecule has 0 bridgehead atoms. The number of ether oxygens (including phenoxy) is 2. The number of aromatic carboxylic acids is 2. The maximum Gasteiger partial charge on any atom is 0.371 e. The number of fused-ring (bicyclic) bond motifs is 4. The Balaban J connectivity index is 1.39. The minimum atomic E-state index is -1.47. The summed E-state index contributed by atoms with van der Waals surface area (Å²) in [5.74, 6) is -3.87. The molecule has 18 nitrogen and oxygen atoms in total. The lowest BCUT2D eigenvalue weighted by Gasteiger charge is -2.26. The van der Waals surface area contributed by atoms with Gasteiger partial charge in [-0.05, 0) is 49.7 Å². The Bertz CT molecular complexity index is 2390. The van der Waals surface area contributed by atoms with Crippen LogP contribution in [-0.4, -0.2) is 57.8 Å². The highest BCUT2D eigenvalue weighted by atomic mass is 16.6. The Kier molecular flexibility index (Phi) is 10.3. The summed E-state index contributed by atoms with van der Waals surface area (Å²) in [4.78, 5) is 71.3. The molecule has 5 aromatic rings. The number of carboxylic acid groups (broad SMARTS) is 2. The third kappa shape index (κ3) is 7.76. The summed E-state index contributed by atoms with van der Waals surface area (Å²) >= 11 is 0. The summed E-state index contributed by atoms with van der Waals surface area (Å²) in [6.07, 6.45) is 2.37. The highest BCUT2D eigenvalue weighted by molar-refractivity contribution is 5.91. The minimum absolute atomic E-state index is 0.00892. The van der Waals surface area contributed by atoms with Crippen molar-refractivity contribution >= 4 is 50.9 Å². The van der Waals surface area contributed by atoms with Gasteiger partial charge < -0.3 is 39.2 Å². The first kappa shape index (κ1) is 36.0. The van der Waals surface area contributed by atoms with E-state index < -0.39 is 67.6 Å². The average molecular weight is 731 g/mol. The van der Waals surface area contributed by atoms with Crippen LogP contribution in [0, 0.1) is 20.2 Å². The van der Waals surface area contributed by atoms with Gasteiger partial charge in [0.15, 0.2) is 10.9 Å². The summed E-state index contributed by atoms with van der Waals surface area (Å²) in [7, 11) is 0. The van der Waals surface area contributed by atoms with Crippen molar-refractivity contribution in [2.24, 2.45) is 0 Å². The molecule has 0 saturated carbocycles. The van der Waals surface area contributed by atoms with Crippen LogP contribution in [0.3, 0.4) is 0 Å². The molecule has 0 spiro atoms. The highest BCUT2D eigenvalue weighted by Gasteiger charge is 2.27. The maximum absolute atomic E-state index is 13.5. The first-order chi connectivity index (χ1) is 25.4. The molecule has 3 aromatic carbocycles. The zero-order valence-electron chi connectivity index (χ0n) is 27.6. The molecule has 0 saturated heterocycles. The van der Waals surface area contributed by atoms with Gasteiger partial charge in [-0.1, -0.05) is 18.9 Å². The predicted molar refractivity (Wildman–Crippen MR) is 186 cm³/mol. The first-order valence-corrected chi connectivity index (χ1v) is 16.2. The fourth-order valence-electron chi connectivity index (χ4n) is 6.07. The van der Waals surface area contributed by atoms with Crippen LogP contribution in [0.2, 0.25) is 0 Å². The SMILES string of the molecule is O=C(O)c1cc(=O)c2c(OCC3COc4c(ccc5oc(C(=O)O)cc(=O)c45)C(Nc4ccc([N+](=O)[O-])cc4[N+](=O)[O-])CCCCCN3)cccc2o1. The van der Waals surface area contributed by atoms with Crippen molar-refractivity contribution in [2.75, 3.05) is 25.1 Å². The molecule has 2 unspecified atom stereocenters. The van der Waals surface area contributed by atoms with Gasteiger partial charge in [0.1, 0.15) is 52.3 Å². The number of anilines is 1. The molecule has 2 aromatic heterocycles. The lowest BCUT2D eigenvalue weighted by Crippen LogP contribution is -2.40. The second kappa shape index (κ2) is 15.2. The normalized spacial score (nSPS) is 16.4. The van der Waals surface area contributed by atoms with Crippen LogP contribution in [0.25, 0.3) is 21.9 Å². The number of hydrogen-bond donors (Lipinski definition) is 4. The zero-order valence-corrected chi connectivity index (χ0v) is 27.6. The number of hydrogen-bond acceptors (Lipinski definition) is 14. The molecular weight excluding hydrogens is 700 g/mol. The van der Waals surface area contributed by atoms with E-state index in [1.807, 2.05) is 0 Å². The van der Waals surface area contributed by atoms with E-state index in [2.05, 4.69) is 10.6 Å². The summed E-state index contributed by atoms with van der Waals surface area (Å²) in [6.45, 7) is 0.280. The number of nitro groups is 2. The summed E-state index contributed by atoms with van der Waals surface area (Å²) in [6, 6.07) is 11.0. The third-order valence-corrected chi connectivity index (χ3v) is 8.58. The van der Waals surface area contributed by atoms with E-state index >= 15 is 0 Å². The molecule has 1 aliphatic rings. The van der Waals surface area contributed by atoms with E-state index in [4.69, 9.17) is 18.3 Å². The molecule has 0 amide bonds. The Morgan fingerprint density at radius 1 is 0.868 bits per heavy atom. The van der Waals surface area contributed by atoms with Crippen molar-refractivity contribution in [3.05, 3.63) is 118 Å². The number of non-ortho nitro benzene ring substituents is 1. The van der Waals surface area contributed by atoms with Gasteiger partial charge in [0.05, 0.1) is 28.0 Å². The van der Waals surface area contributed by atoms with Crippen LogP contribution in [0.1, 0.15) is 58.4 Å². The zero-order chi connectivity index (χ0) is 37.8. The molecule has 53 heavy (non-hydrogen) atoms. The van der Waals surface area contributed by atoms with Crippen LogP contribution in [0.5, 0.6) is 11.5 Å². The van der Waals surface area contributed by atoms with E-state index in [9.17, 15) is 49.6 Å². The molecule has 3 heterocycles. The van der Waals surface area contributed by atoms with Crippen molar-refractivity contribution in [3.8, 4) is 11.5 Å². The number of nitrogens with one attached hydrogen (secondary N) is 2. The Labute approximate surface area is 296 Å².